The summed E-state index contributed by atoms with van der Waals surface area (Å²) in [5.74, 6) is 0.560. The molecule has 100 valence electrons. The summed E-state index contributed by atoms with van der Waals surface area (Å²) in [7, 11) is 0. The van der Waals surface area contributed by atoms with Gasteiger partial charge in [-0.1, -0.05) is 0 Å². The van der Waals surface area contributed by atoms with Crippen molar-refractivity contribution >= 4 is 5.82 Å². The molecule has 1 aromatic rings. The van der Waals surface area contributed by atoms with E-state index in [1.54, 1.807) is 0 Å². The summed E-state index contributed by atoms with van der Waals surface area (Å²) in [5, 5.41) is 0. The Bertz CT molecular complexity index is 395. The SMILES string of the molecule is CC1CN(c2ccc(C(F)(F)F)cn2)CC(C)O1. The number of ether oxygens (including phenoxy) is 1. The van der Waals surface area contributed by atoms with Crippen molar-refractivity contribution in [2.45, 2.75) is 32.2 Å². The molecule has 1 aliphatic rings. The van der Waals surface area contributed by atoms with Crippen LogP contribution < -0.4 is 4.90 Å². The molecular formula is C12H15F3N2O. The number of alkyl halides is 3. The molecule has 2 unspecified atom stereocenters. The van der Waals surface area contributed by atoms with Crippen LogP contribution in [-0.2, 0) is 10.9 Å². The minimum Gasteiger partial charge on any atom is -0.372 e. The van der Waals surface area contributed by atoms with Crippen LogP contribution in [0.2, 0.25) is 0 Å². The van der Waals surface area contributed by atoms with Crippen LogP contribution >= 0.6 is 0 Å². The lowest BCUT2D eigenvalue weighted by Gasteiger charge is -2.36. The van der Waals surface area contributed by atoms with Gasteiger partial charge in [-0.25, -0.2) is 4.98 Å². The number of pyridine rings is 1. The van der Waals surface area contributed by atoms with Gasteiger partial charge in [0.25, 0.3) is 0 Å². The maximum atomic E-state index is 12.4. The summed E-state index contributed by atoms with van der Waals surface area (Å²) in [4.78, 5) is 5.83. The molecule has 0 spiro atoms. The summed E-state index contributed by atoms with van der Waals surface area (Å²) in [6, 6.07) is 2.47. The van der Waals surface area contributed by atoms with Crippen LogP contribution in [0.25, 0.3) is 0 Å². The quantitative estimate of drug-likeness (QED) is 0.776. The van der Waals surface area contributed by atoms with Gasteiger partial charge in [-0.2, -0.15) is 13.2 Å². The normalized spacial score (nSPS) is 25.3. The van der Waals surface area contributed by atoms with E-state index in [-0.39, 0.29) is 12.2 Å². The molecule has 1 fully saturated rings. The number of nitrogens with zero attached hydrogens (tertiary/aromatic N) is 2. The van der Waals surface area contributed by atoms with Crippen molar-refractivity contribution < 1.29 is 17.9 Å². The predicted molar refractivity (Wildman–Crippen MR) is 61.5 cm³/mol. The van der Waals surface area contributed by atoms with E-state index in [4.69, 9.17) is 4.74 Å². The van der Waals surface area contributed by atoms with Crippen LogP contribution in [0, 0.1) is 0 Å². The van der Waals surface area contributed by atoms with Crippen molar-refractivity contribution in [1.29, 1.82) is 0 Å². The number of rotatable bonds is 1. The van der Waals surface area contributed by atoms with E-state index < -0.39 is 11.7 Å². The van der Waals surface area contributed by atoms with Crippen molar-refractivity contribution in [2.24, 2.45) is 0 Å². The summed E-state index contributed by atoms with van der Waals surface area (Å²) in [6.07, 6.45) is -3.35. The van der Waals surface area contributed by atoms with Gasteiger partial charge in [0.15, 0.2) is 0 Å². The summed E-state index contributed by atoms with van der Waals surface area (Å²) in [5.41, 5.74) is -0.722. The Kier molecular flexibility index (Phi) is 3.47. The zero-order valence-electron chi connectivity index (χ0n) is 10.2. The second kappa shape index (κ2) is 4.76. The van der Waals surface area contributed by atoms with Crippen LogP contribution in [0.1, 0.15) is 19.4 Å². The molecule has 3 nitrogen and oxygen atoms in total. The number of aromatic nitrogens is 1. The predicted octanol–water partition coefficient (Wildman–Crippen LogP) is 2.71. The van der Waals surface area contributed by atoms with E-state index in [1.807, 2.05) is 18.7 Å². The molecule has 0 saturated carbocycles. The van der Waals surface area contributed by atoms with Gasteiger partial charge in [-0.15, -0.1) is 0 Å². The Morgan fingerprint density at radius 2 is 1.83 bits per heavy atom. The minimum absolute atomic E-state index is 0.0536. The van der Waals surface area contributed by atoms with Gasteiger partial charge in [-0.3, -0.25) is 0 Å². The molecule has 0 aliphatic carbocycles. The standard InChI is InChI=1S/C12H15F3N2O/c1-8-6-17(7-9(2)18-8)11-4-3-10(5-16-11)12(13,14)15/h3-5,8-9H,6-7H2,1-2H3. The highest BCUT2D eigenvalue weighted by Gasteiger charge is 2.31. The molecule has 1 aromatic heterocycles. The largest absolute Gasteiger partial charge is 0.417 e. The zero-order chi connectivity index (χ0) is 13.3. The zero-order valence-corrected chi connectivity index (χ0v) is 10.2. The van der Waals surface area contributed by atoms with E-state index in [0.717, 1.165) is 12.3 Å². The number of morpholine rings is 1. The topological polar surface area (TPSA) is 25.4 Å². The summed E-state index contributed by atoms with van der Waals surface area (Å²) >= 11 is 0. The molecule has 0 aromatic carbocycles. The Hall–Kier alpha value is -1.30. The molecule has 2 rings (SSSR count). The third-order valence-corrected chi connectivity index (χ3v) is 2.82. The lowest BCUT2D eigenvalue weighted by molar-refractivity contribution is -0.137. The van der Waals surface area contributed by atoms with Gasteiger partial charge in [0.2, 0.25) is 0 Å². The fourth-order valence-electron chi connectivity index (χ4n) is 2.11. The van der Waals surface area contributed by atoms with E-state index in [1.165, 1.54) is 6.07 Å². The number of hydrogen-bond donors (Lipinski definition) is 0. The Morgan fingerprint density at radius 3 is 2.28 bits per heavy atom. The second-order valence-corrected chi connectivity index (χ2v) is 4.57. The van der Waals surface area contributed by atoms with E-state index in [2.05, 4.69) is 4.98 Å². The Morgan fingerprint density at radius 1 is 1.22 bits per heavy atom. The Balaban J connectivity index is 2.14. The molecule has 2 atom stereocenters. The highest BCUT2D eigenvalue weighted by molar-refractivity contribution is 5.40. The first-order valence-corrected chi connectivity index (χ1v) is 5.80. The van der Waals surface area contributed by atoms with Crippen molar-refractivity contribution in [1.82, 2.24) is 4.98 Å². The third kappa shape index (κ3) is 2.93. The highest BCUT2D eigenvalue weighted by Crippen LogP contribution is 2.29. The molecule has 1 saturated heterocycles. The van der Waals surface area contributed by atoms with Gasteiger partial charge in [0.1, 0.15) is 5.82 Å². The second-order valence-electron chi connectivity index (χ2n) is 4.57. The summed E-state index contributed by atoms with van der Waals surface area (Å²) < 4.78 is 42.8. The van der Waals surface area contributed by atoms with Crippen LogP contribution in [0.5, 0.6) is 0 Å². The molecular weight excluding hydrogens is 245 g/mol. The molecule has 0 radical (unpaired) electrons. The molecule has 0 N–H and O–H groups in total. The van der Waals surface area contributed by atoms with E-state index >= 15 is 0 Å². The first kappa shape index (κ1) is 13.1. The van der Waals surface area contributed by atoms with Gasteiger partial charge in [-0.05, 0) is 26.0 Å². The average Bonchev–Trinajstić information content (AvgIpc) is 2.27. The maximum Gasteiger partial charge on any atom is 0.417 e. The lowest BCUT2D eigenvalue weighted by atomic mass is 10.2. The highest BCUT2D eigenvalue weighted by atomic mass is 19.4. The number of halogens is 3. The van der Waals surface area contributed by atoms with Crippen molar-refractivity contribution in [3.63, 3.8) is 0 Å². The fourth-order valence-corrected chi connectivity index (χ4v) is 2.11. The first-order valence-electron chi connectivity index (χ1n) is 5.80. The van der Waals surface area contributed by atoms with Crippen molar-refractivity contribution in [2.75, 3.05) is 18.0 Å². The maximum absolute atomic E-state index is 12.4. The van der Waals surface area contributed by atoms with Crippen LogP contribution in [0.15, 0.2) is 18.3 Å². The van der Waals surface area contributed by atoms with Gasteiger partial charge < -0.3 is 9.64 Å². The van der Waals surface area contributed by atoms with Crippen LogP contribution in [0.3, 0.4) is 0 Å². The molecule has 0 amide bonds. The average molecular weight is 260 g/mol. The smallest absolute Gasteiger partial charge is 0.372 e. The molecule has 0 bridgehead atoms. The van der Waals surface area contributed by atoms with Crippen LogP contribution in [-0.4, -0.2) is 30.3 Å². The van der Waals surface area contributed by atoms with E-state index in [9.17, 15) is 13.2 Å². The number of hydrogen-bond acceptors (Lipinski definition) is 3. The minimum atomic E-state index is -4.34. The fraction of sp³-hybridized carbons (Fsp3) is 0.583. The monoisotopic (exact) mass is 260 g/mol. The van der Waals surface area contributed by atoms with Gasteiger partial charge >= 0.3 is 6.18 Å². The van der Waals surface area contributed by atoms with Gasteiger partial charge in [0, 0.05) is 19.3 Å². The Labute approximate surface area is 104 Å². The lowest BCUT2D eigenvalue weighted by Crippen LogP contribution is -2.45. The van der Waals surface area contributed by atoms with E-state index in [0.29, 0.717) is 18.9 Å². The molecule has 2 heterocycles. The molecule has 1 aliphatic heterocycles. The van der Waals surface area contributed by atoms with Crippen LogP contribution in [0.4, 0.5) is 19.0 Å². The van der Waals surface area contributed by atoms with Crippen molar-refractivity contribution in [3.05, 3.63) is 23.9 Å². The number of anilines is 1. The first-order chi connectivity index (χ1) is 8.36. The molecule has 6 heteroatoms. The summed E-state index contributed by atoms with van der Waals surface area (Å²) in [6.45, 7) is 5.16. The van der Waals surface area contributed by atoms with Crippen molar-refractivity contribution in [3.8, 4) is 0 Å². The molecule has 18 heavy (non-hydrogen) atoms. The third-order valence-electron chi connectivity index (χ3n) is 2.82. The van der Waals surface area contributed by atoms with Gasteiger partial charge in [0.05, 0.1) is 17.8 Å².